The summed E-state index contributed by atoms with van der Waals surface area (Å²) in [6.45, 7) is 3.76. The third kappa shape index (κ3) is 3.34. The molecule has 0 heterocycles. The summed E-state index contributed by atoms with van der Waals surface area (Å²) in [5.74, 6) is -2.23. The van der Waals surface area contributed by atoms with E-state index in [0.717, 1.165) is 0 Å². The monoisotopic (exact) mass is 236 g/mol. The van der Waals surface area contributed by atoms with Crippen molar-refractivity contribution in [2.24, 2.45) is 0 Å². The van der Waals surface area contributed by atoms with Gasteiger partial charge in [-0.25, -0.2) is 9.59 Å². The van der Waals surface area contributed by atoms with Gasteiger partial charge >= 0.3 is 11.9 Å². The molecule has 1 rings (SSSR count). The van der Waals surface area contributed by atoms with Crippen molar-refractivity contribution in [2.75, 3.05) is 6.61 Å². The van der Waals surface area contributed by atoms with Crippen LogP contribution in [0.3, 0.4) is 0 Å². The van der Waals surface area contributed by atoms with Crippen LogP contribution in [0.5, 0.6) is 5.75 Å². The molecule has 0 aliphatic rings. The molecule has 0 amide bonds. The molecular weight excluding hydrogens is 224 g/mol. The topological polar surface area (TPSA) is 83.8 Å². The van der Waals surface area contributed by atoms with Crippen LogP contribution in [0.1, 0.15) is 27.1 Å². The Bertz CT molecular complexity index is 450. The number of benzene rings is 1. The Hall–Kier alpha value is -2.30. The SMILES string of the molecule is C=CCCOc1cc(C(=O)O)ccc1C(=O)O. The lowest BCUT2D eigenvalue weighted by Crippen LogP contribution is -2.06. The molecule has 0 aromatic heterocycles. The summed E-state index contributed by atoms with van der Waals surface area (Å²) < 4.78 is 5.21. The van der Waals surface area contributed by atoms with Crippen molar-refractivity contribution in [2.45, 2.75) is 6.42 Å². The Labute approximate surface area is 98.0 Å². The third-order valence-electron chi connectivity index (χ3n) is 2.04. The van der Waals surface area contributed by atoms with Gasteiger partial charge in [0.15, 0.2) is 0 Å². The summed E-state index contributed by atoms with van der Waals surface area (Å²) in [5.41, 5.74) is -0.0670. The first kappa shape index (κ1) is 12.8. The maximum atomic E-state index is 10.9. The first-order valence-corrected chi connectivity index (χ1v) is 4.90. The molecule has 0 atom stereocenters. The van der Waals surface area contributed by atoms with Crippen LogP contribution in [0.2, 0.25) is 0 Å². The van der Waals surface area contributed by atoms with E-state index in [4.69, 9.17) is 14.9 Å². The van der Waals surface area contributed by atoms with E-state index in [9.17, 15) is 9.59 Å². The third-order valence-corrected chi connectivity index (χ3v) is 2.04. The number of ether oxygens (including phenoxy) is 1. The van der Waals surface area contributed by atoms with Crippen molar-refractivity contribution in [1.29, 1.82) is 0 Å². The van der Waals surface area contributed by atoms with E-state index in [2.05, 4.69) is 6.58 Å². The maximum Gasteiger partial charge on any atom is 0.339 e. The minimum Gasteiger partial charge on any atom is -0.492 e. The van der Waals surface area contributed by atoms with Crippen LogP contribution in [-0.2, 0) is 0 Å². The van der Waals surface area contributed by atoms with Gasteiger partial charge in [0.2, 0.25) is 0 Å². The molecule has 5 heteroatoms. The van der Waals surface area contributed by atoms with Gasteiger partial charge in [-0.3, -0.25) is 0 Å². The van der Waals surface area contributed by atoms with E-state index in [-0.39, 0.29) is 23.5 Å². The minimum atomic E-state index is -1.16. The second-order valence-electron chi connectivity index (χ2n) is 3.25. The van der Waals surface area contributed by atoms with Gasteiger partial charge < -0.3 is 14.9 Å². The number of rotatable bonds is 6. The van der Waals surface area contributed by atoms with E-state index < -0.39 is 11.9 Å². The highest BCUT2D eigenvalue weighted by atomic mass is 16.5. The van der Waals surface area contributed by atoms with Crippen LogP contribution in [0.15, 0.2) is 30.9 Å². The predicted octanol–water partition coefficient (Wildman–Crippen LogP) is 2.04. The average Bonchev–Trinajstić information content (AvgIpc) is 2.28. The second-order valence-corrected chi connectivity index (χ2v) is 3.25. The molecule has 0 spiro atoms. The normalized spacial score (nSPS) is 9.65. The summed E-state index contributed by atoms with van der Waals surface area (Å²) >= 11 is 0. The molecule has 90 valence electrons. The Morgan fingerprint density at radius 3 is 2.53 bits per heavy atom. The van der Waals surface area contributed by atoms with Crippen LogP contribution in [-0.4, -0.2) is 28.8 Å². The molecular formula is C12H12O5. The second kappa shape index (κ2) is 5.69. The van der Waals surface area contributed by atoms with Gasteiger partial charge in [0.05, 0.1) is 12.2 Å². The summed E-state index contributed by atoms with van der Waals surface area (Å²) in [5, 5.41) is 17.7. The number of carbonyl (C=O) groups is 2. The zero-order valence-electron chi connectivity index (χ0n) is 9.05. The van der Waals surface area contributed by atoms with Crippen molar-refractivity contribution >= 4 is 11.9 Å². The quantitative estimate of drug-likeness (QED) is 0.583. The number of carboxylic acid groups (broad SMARTS) is 2. The van der Waals surface area contributed by atoms with E-state index in [1.54, 1.807) is 6.08 Å². The van der Waals surface area contributed by atoms with E-state index in [1.165, 1.54) is 18.2 Å². The molecule has 17 heavy (non-hydrogen) atoms. The summed E-state index contributed by atoms with van der Waals surface area (Å²) in [4.78, 5) is 21.6. The van der Waals surface area contributed by atoms with Gasteiger partial charge in [0, 0.05) is 0 Å². The molecule has 1 aromatic rings. The zero-order chi connectivity index (χ0) is 12.8. The van der Waals surface area contributed by atoms with Crippen molar-refractivity contribution < 1.29 is 24.5 Å². The summed E-state index contributed by atoms with van der Waals surface area (Å²) in [7, 11) is 0. The Morgan fingerprint density at radius 1 is 1.29 bits per heavy atom. The van der Waals surface area contributed by atoms with Crippen LogP contribution in [0.25, 0.3) is 0 Å². The van der Waals surface area contributed by atoms with E-state index in [1.807, 2.05) is 0 Å². The lowest BCUT2D eigenvalue weighted by Gasteiger charge is -2.08. The Kier molecular flexibility index (Phi) is 4.28. The smallest absolute Gasteiger partial charge is 0.339 e. The molecule has 0 saturated carbocycles. The number of carboxylic acids is 2. The van der Waals surface area contributed by atoms with Crippen LogP contribution >= 0.6 is 0 Å². The molecule has 1 aromatic carbocycles. The minimum absolute atomic E-state index is 0.0106. The van der Waals surface area contributed by atoms with Crippen molar-refractivity contribution in [3.05, 3.63) is 42.0 Å². The molecule has 0 aliphatic heterocycles. The van der Waals surface area contributed by atoms with Gasteiger partial charge in [-0.2, -0.15) is 0 Å². The summed E-state index contributed by atoms with van der Waals surface area (Å²) in [6.07, 6.45) is 2.18. The van der Waals surface area contributed by atoms with E-state index in [0.29, 0.717) is 6.42 Å². The first-order chi connectivity index (χ1) is 8.06. The molecule has 2 N–H and O–H groups in total. The molecule has 0 aliphatic carbocycles. The first-order valence-electron chi connectivity index (χ1n) is 4.90. The van der Waals surface area contributed by atoms with Gasteiger partial charge in [0.25, 0.3) is 0 Å². The van der Waals surface area contributed by atoms with Gasteiger partial charge in [-0.15, -0.1) is 6.58 Å². The zero-order valence-corrected chi connectivity index (χ0v) is 9.05. The molecule has 0 fully saturated rings. The van der Waals surface area contributed by atoms with Crippen LogP contribution < -0.4 is 4.74 Å². The molecule has 0 radical (unpaired) electrons. The standard InChI is InChI=1S/C12H12O5/c1-2-3-6-17-10-7-8(11(13)14)4-5-9(10)12(15)16/h2,4-5,7H,1,3,6H2,(H,13,14)(H,15,16). The van der Waals surface area contributed by atoms with Crippen molar-refractivity contribution in [3.8, 4) is 5.75 Å². The Balaban J connectivity index is 3.02. The van der Waals surface area contributed by atoms with Gasteiger partial charge in [-0.05, 0) is 24.6 Å². The van der Waals surface area contributed by atoms with Crippen molar-refractivity contribution in [3.63, 3.8) is 0 Å². The van der Waals surface area contributed by atoms with Crippen LogP contribution in [0.4, 0.5) is 0 Å². The molecule has 0 bridgehead atoms. The lowest BCUT2D eigenvalue weighted by molar-refractivity contribution is 0.0677. The van der Waals surface area contributed by atoms with Gasteiger partial charge in [-0.1, -0.05) is 6.08 Å². The fraction of sp³-hybridized carbons (Fsp3) is 0.167. The Morgan fingerprint density at radius 2 is 2.00 bits per heavy atom. The highest BCUT2D eigenvalue weighted by Gasteiger charge is 2.14. The highest BCUT2D eigenvalue weighted by Crippen LogP contribution is 2.21. The highest BCUT2D eigenvalue weighted by molar-refractivity contribution is 5.94. The lowest BCUT2D eigenvalue weighted by atomic mass is 10.1. The predicted molar refractivity (Wildman–Crippen MR) is 60.7 cm³/mol. The van der Waals surface area contributed by atoms with E-state index >= 15 is 0 Å². The van der Waals surface area contributed by atoms with Crippen LogP contribution in [0, 0.1) is 0 Å². The maximum absolute atomic E-state index is 10.9. The fourth-order valence-corrected chi connectivity index (χ4v) is 1.20. The average molecular weight is 236 g/mol. The largest absolute Gasteiger partial charge is 0.492 e. The van der Waals surface area contributed by atoms with Gasteiger partial charge in [0.1, 0.15) is 11.3 Å². The fourth-order valence-electron chi connectivity index (χ4n) is 1.20. The number of aromatic carboxylic acids is 2. The van der Waals surface area contributed by atoms with Crippen molar-refractivity contribution in [1.82, 2.24) is 0 Å². The summed E-state index contributed by atoms with van der Waals surface area (Å²) in [6, 6.07) is 3.65. The molecule has 5 nitrogen and oxygen atoms in total. The molecule has 0 unspecified atom stereocenters. The number of hydrogen-bond acceptors (Lipinski definition) is 3. The number of hydrogen-bond donors (Lipinski definition) is 2. The molecule has 0 saturated heterocycles.